The van der Waals surface area contributed by atoms with Crippen LogP contribution in [-0.4, -0.2) is 23.3 Å². The number of thioether (sulfide) groups is 1. The second-order valence-electron chi connectivity index (χ2n) is 5.07. The molecule has 0 atom stereocenters. The maximum Gasteiger partial charge on any atom is 0.229 e. The first-order valence-electron chi connectivity index (χ1n) is 7.53. The van der Waals surface area contributed by atoms with Crippen LogP contribution in [0.25, 0.3) is 0 Å². The van der Waals surface area contributed by atoms with E-state index >= 15 is 0 Å². The minimum Gasteiger partial charge on any atom is -0.495 e. The van der Waals surface area contributed by atoms with E-state index in [1.165, 1.54) is 0 Å². The van der Waals surface area contributed by atoms with Gasteiger partial charge in [-0.15, -0.1) is 11.8 Å². The minimum atomic E-state index is -0.547. The molecule has 0 aliphatic rings. The number of nitrogens with zero attached hydrogens (tertiary/aromatic N) is 2. The van der Waals surface area contributed by atoms with Gasteiger partial charge in [-0.3, -0.25) is 0 Å². The van der Waals surface area contributed by atoms with E-state index in [0.29, 0.717) is 17.4 Å². The Morgan fingerprint density at radius 2 is 1.92 bits per heavy atom. The van der Waals surface area contributed by atoms with Crippen molar-refractivity contribution in [2.45, 2.75) is 4.90 Å². The highest BCUT2D eigenvalue weighted by molar-refractivity contribution is 7.98. The lowest BCUT2D eigenvalue weighted by atomic mass is 10.3. The summed E-state index contributed by atoms with van der Waals surface area (Å²) in [6.07, 6.45) is 3.13. The highest BCUT2D eigenvalue weighted by Crippen LogP contribution is 2.28. The van der Waals surface area contributed by atoms with E-state index in [0.717, 1.165) is 16.8 Å². The van der Waals surface area contributed by atoms with E-state index in [1.807, 2.05) is 42.7 Å². The van der Waals surface area contributed by atoms with Gasteiger partial charge in [0.25, 0.3) is 0 Å². The van der Waals surface area contributed by atoms with Gasteiger partial charge in [0, 0.05) is 10.6 Å². The average molecular weight is 356 g/mol. The van der Waals surface area contributed by atoms with Gasteiger partial charge in [0.15, 0.2) is 11.6 Å². The fraction of sp³-hybridized carbons (Fsp3) is 0.111. The molecule has 2 N–H and O–H groups in total. The minimum absolute atomic E-state index is 0.0722. The van der Waals surface area contributed by atoms with Crippen LogP contribution < -0.4 is 15.4 Å². The number of methoxy groups -OCH3 is 1. The van der Waals surface area contributed by atoms with Crippen LogP contribution >= 0.6 is 11.8 Å². The molecule has 2 aromatic carbocycles. The zero-order valence-corrected chi connectivity index (χ0v) is 14.6. The van der Waals surface area contributed by atoms with Crippen LogP contribution in [0.2, 0.25) is 0 Å². The molecule has 0 bridgehead atoms. The number of rotatable bonds is 6. The summed E-state index contributed by atoms with van der Waals surface area (Å²) in [5, 5.41) is 6.03. The molecule has 0 aliphatic heterocycles. The van der Waals surface area contributed by atoms with Crippen molar-refractivity contribution in [2.24, 2.45) is 0 Å². The van der Waals surface area contributed by atoms with Crippen molar-refractivity contribution in [3.05, 3.63) is 60.5 Å². The van der Waals surface area contributed by atoms with E-state index in [1.54, 1.807) is 31.0 Å². The number of hydrogen-bond donors (Lipinski definition) is 2. The predicted molar refractivity (Wildman–Crippen MR) is 99.8 cm³/mol. The van der Waals surface area contributed by atoms with Crippen LogP contribution in [0.5, 0.6) is 5.75 Å². The van der Waals surface area contributed by atoms with Gasteiger partial charge in [-0.05, 0) is 36.6 Å². The first kappa shape index (κ1) is 17.0. The van der Waals surface area contributed by atoms with E-state index in [2.05, 4.69) is 20.6 Å². The second-order valence-corrected chi connectivity index (χ2v) is 5.95. The maximum absolute atomic E-state index is 14.1. The fourth-order valence-corrected chi connectivity index (χ4v) is 2.68. The van der Waals surface area contributed by atoms with E-state index in [9.17, 15) is 4.39 Å². The number of para-hydroxylation sites is 2. The lowest BCUT2D eigenvalue weighted by Gasteiger charge is -2.12. The number of halogens is 1. The molecule has 128 valence electrons. The monoisotopic (exact) mass is 356 g/mol. The van der Waals surface area contributed by atoms with Crippen LogP contribution in [0.1, 0.15) is 0 Å². The Labute approximate surface area is 149 Å². The largest absolute Gasteiger partial charge is 0.495 e. The first-order chi connectivity index (χ1) is 12.2. The summed E-state index contributed by atoms with van der Waals surface area (Å²) in [5.41, 5.74) is 1.46. The number of anilines is 4. The Morgan fingerprint density at radius 1 is 1.08 bits per heavy atom. The van der Waals surface area contributed by atoms with Crippen molar-refractivity contribution in [3.63, 3.8) is 0 Å². The molecule has 0 amide bonds. The zero-order valence-electron chi connectivity index (χ0n) is 13.8. The summed E-state index contributed by atoms with van der Waals surface area (Å²) in [7, 11) is 1.56. The summed E-state index contributed by atoms with van der Waals surface area (Å²) in [6.45, 7) is 0. The van der Waals surface area contributed by atoms with Crippen LogP contribution in [0.3, 0.4) is 0 Å². The molecule has 1 heterocycles. The number of aromatic nitrogens is 2. The van der Waals surface area contributed by atoms with Crippen molar-refractivity contribution in [3.8, 4) is 5.75 Å². The molecule has 0 aliphatic carbocycles. The molecular formula is C18H17FN4OS. The molecule has 0 radical (unpaired) electrons. The fourth-order valence-electron chi connectivity index (χ4n) is 2.22. The molecule has 0 saturated heterocycles. The molecule has 0 saturated carbocycles. The van der Waals surface area contributed by atoms with Gasteiger partial charge in [0.05, 0.1) is 19.0 Å². The number of hydrogen-bond acceptors (Lipinski definition) is 6. The standard InChI is InChI=1S/C18H17FN4OS/c1-24-16-9-4-3-8-15(16)22-17-14(19)11-20-18(23-17)21-12-6-5-7-13(10-12)25-2/h3-11H,1-2H3,(H2,20,21,22,23). The molecule has 0 fully saturated rings. The van der Waals surface area contributed by atoms with Crippen molar-refractivity contribution in [1.29, 1.82) is 0 Å². The summed E-state index contributed by atoms with van der Waals surface area (Å²) < 4.78 is 19.4. The highest BCUT2D eigenvalue weighted by Gasteiger charge is 2.10. The second kappa shape index (κ2) is 7.85. The average Bonchev–Trinajstić information content (AvgIpc) is 2.65. The van der Waals surface area contributed by atoms with E-state index in [4.69, 9.17) is 4.74 Å². The molecule has 7 heteroatoms. The first-order valence-corrected chi connectivity index (χ1v) is 8.75. The quantitative estimate of drug-likeness (QED) is 0.617. The summed E-state index contributed by atoms with van der Waals surface area (Å²) in [5.74, 6) is 0.428. The smallest absolute Gasteiger partial charge is 0.229 e. The predicted octanol–water partition coefficient (Wildman–Crippen LogP) is 4.83. The van der Waals surface area contributed by atoms with E-state index in [-0.39, 0.29) is 5.82 Å². The van der Waals surface area contributed by atoms with Gasteiger partial charge in [-0.2, -0.15) is 4.98 Å². The molecule has 3 rings (SSSR count). The van der Waals surface area contributed by atoms with Crippen molar-refractivity contribution < 1.29 is 9.13 Å². The molecule has 3 aromatic rings. The molecule has 1 aromatic heterocycles. The molecule has 25 heavy (non-hydrogen) atoms. The zero-order chi connectivity index (χ0) is 17.6. The van der Waals surface area contributed by atoms with Gasteiger partial charge in [0.2, 0.25) is 5.95 Å². The van der Waals surface area contributed by atoms with Crippen LogP contribution in [0.4, 0.5) is 27.5 Å². The molecule has 5 nitrogen and oxygen atoms in total. The number of nitrogens with one attached hydrogen (secondary N) is 2. The third-order valence-corrected chi connectivity index (χ3v) is 4.16. The summed E-state index contributed by atoms with van der Waals surface area (Å²) in [4.78, 5) is 9.33. The third-order valence-electron chi connectivity index (χ3n) is 3.43. The Bertz CT molecular complexity index is 875. The van der Waals surface area contributed by atoms with Crippen molar-refractivity contribution >= 4 is 34.9 Å². The topological polar surface area (TPSA) is 59.1 Å². The van der Waals surface area contributed by atoms with Gasteiger partial charge < -0.3 is 15.4 Å². The normalized spacial score (nSPS) is 10.4. The van der Waals surface area contributed by atoms with Gasteiger partial charge in [-0.1, -0.05) is 18.2 Å². The van der Waals surface area contributed by atoms with Crippen molar-refractivity contribution in [1.82, 2.24) is 9.97 Å². The third kappa shape index (κ3) is 4.19. The molecular weight excluding hydrogens is 339 g/mol. The highest BCUT2D eigenvalue weighted by atomic mass is 32.2. The van der Waals surface area contributed by atoms with Crippen molar-refractivity contribution in [2.75, 3.05) is 24.0 Å². The Hall–Kier alpha value is -2.80. The Balaban J connectivity index is 1.85. The Morgan fingerprint density at radius 3 is 2.72 bits per heavy atom. The number of ether oxygens (including phenoxy) is 1. The van der Waals surface area contributed by atoms with E-state index < -0.39 is 5.82 Å². The van der Waals surface area contributed by atoms with Crippen LogP contribution in [0.15, 0.2) is 59.6 Å². The lowest BCUT2D eigenvalue weighted by Crippen LogP contribution is -2.04. The maximum atomic E-state index is 14.1. The van der Waals surface area contributed by atoms with Gasteiger partial charge >= 0.3 is 0 Å². The Kier molecular flexibility index (Phi) is 5.35. The SMILES string of the molecule is COc1ccccc1Nc1nc(Nc2cccc(SC)c2)ncc1F. The lowest BCUT2D eigenvalue weighted by molar-refractivity contribution is 0.417. The summed E-state index contributed by atoms with van der Waals surface area (Å²) >= 11 is 1.64. The molecule has 0 unspecified atom stereocenters. The molecule has 0 spiro atoms. The van der Waals surface area contributed by atoms with Gasteiger partial charge in [0.1, 0.15) is 5.75 Å². The van der Waals surface area contributed by atoms with Crippen LogP contribution in [-0.2, 0) is 0 Å². The summed E-state index contributed by atoms with van der Waals surface area (Å²) in [6, 6.07) is 15.1. The van der Waals surface area contributed by atoms with Gasteiger partial charge in [-0.25, -0.2) is 9.37 Å². The van der Waals surface area contributed by atoms with Crippen LogP contribution in [0, 0.1) is 5.82 Å². The number of benzene rings is 2.